The van der Waals surface area contributed by atoms with Gasteiger partial charge in [-0.1, -0.05) is 29.5 Å². The van der Waals surface area contributed by atoms with E-state index in [2.05, 4.69) is 0 Å². The van der Waals surface area contributed by atoms with E-state index in [1.54, 1.807) is 4.57 Å². The minimum Gasteiger partial charge on any atom is -0.338 e. The van der Waals surface area contributed by atoms with Crippen LogP contribution in [0.5, 0.6) is 0 Å². The van der Waals surface area contributed by atoms with Crippen molar-refractivity contribution in [3.05, 3.63) is 57.1 Å². The van der Waals surface area contributed by atoms with Crippen molar-refractivity contribution in [3.63, 3.8) is 0 Å². The van der Waals surface area contributed by atoms with Gasteiger partial charge in [-0.25, -0.2) is 0 Å². The van der Waals surface area contributed by atoms with E-state index in [1.807, 2.05) is 46.8 Å². The molecule has 1 atom stereocenters. The maximum Gasteiger partial charge on any atom is 0.307 e. The molecule has 0 saturated carbocycles. The first kappa shape index (κ1) is 13.1. The van der Waals surface area contributed by atoms with Gasteiger partial charge >= 0.3 is 4.87 Å². The maximum atomic E-state index is 12.3. The molecular formula is C15H16N2O2S. The Morgan fingerprint density at radius 2 is 2.10 bits per heavy atom. The van der Waals surface area contributed by atoms with Gasteiger partial charge in [0.15, 0.2) is 0 Å². The van der Waals surface area contributed by atoms with Gasteiger partial charge in [0.25, 0.3) is 5.91 Å². The zero-order valence-corrected chi connectivity index (χ0v) is 11.9. The number of hydrogen-bond acceptors (Lipinski definition) is 3. The number of carbonyl (C=O) groups is 1. The predicted molar refractivity (Wildman–Crippen MR) is 79.0 cm³/mol. The smallest absolute Gasteiger partial charge is 0.307 e. The average Bonchev–Trinajstić information content (AvgIpc) is 3.10. The van der Waals surface area contributed by atoms with Crippen molar-refractivity contribution in [3.8, 4) is 0 Å². The SMILES string of the molecule is O=C(c1ccccc1)N1CC[C@@H](Cn2ccsc2=O)C1. The molecular weight excluding hydrogens is 272 g/mol. The molecule has 1 aromatic carbocycles. The molecule has 0 N–H and O–H groups in total. The van der Waals surface area contributed by atoms with Gasteiger partial charge in [0, 0.05) is 36.8 Å². The zero-order chi connectivity index (χ0) is 13.9. The van der Waals surface area contributed by atoms with Crippen molar-refractivity contribution < 1.29 is 4.79 Å². The third-order valence-corrected chi connectivity index (χ3v) is 4.39. The molecule has 1 aliphatic heterocycles. The fourth-order valence-corrected chi connectivity index (χ4v) is 3.23. The first-order valence-corrected chi connectivity index (χ1v) is 7.60. The number of likely N-dealkylation sites (tertiary alicyclic amines) is 1. The summed E-state index contributed by atoms with van der Waals surface area (Å²) in [7, 11) is 0. The lowest BCUT2D eigenvalue weighted by molar-refractivity contribution is 0.0786. The maximum absolute atomic E-state index is 12.3. The van der Waals surface area contributed by atoms with Crippen LogP contribution >= 0.6 is 11.3 Å². The Balaban J connectivity index is 1.64. The van der Waals surface area contributed by atoms with Gasteiger partial charge in [-0.05, 0) is 24.5 Å². The lowest BCUT2D eigenvalue weighted by atomic mass is 10.1. The minimum absolute atomic E-state index is 0.0813. The van der Waals surface area contributed by atoms with Crippen LogP contribution in [0, 0.1) is 5.92 Å². The van der Waals surface area contributed by atoms with Gasteiger partial charge in [0.05, 0.1) is 0 Å². The summed E-state index contributed by atoms with van der Waals surface area (Å²) in [5, 5.41) is 1.81. The number of hydrogen-bond donors (Lipinski definition) is 0. The molecule has 104 valence electrons. The second-order valence-corrected chi connectivity index (χ2v) is 5.95. The molecule has 3 rings (SSSR count). The molecule has 1 aromatic heterocycles. The van der Waals surface area contributed by atoms with Crippen LogP contribution < -0.4 is 4.87 Å². The van der Waals surface area contributed by atoms with E-state index >= 15 is 0 Å². The number of thiazole rings is 1. The van der Waals surface area contributed by atoms with Crippen molar-refractivity contribution in [2.75, 3.05) is 13.1 Å². The summed E-state index contributed by atoms with van der Waals surface area (Å²) in [4.78, 5) is 25.8. The highest BCUT2D eigenvalue weighted by molar-refractivity contribution is 7.07. The summed E-state index contributed by atoms with van der Waals surface area (Å²) in [5.41, 5.74) is 0.737. The Morgan fingerprint density at radius 1 is 1.30 bits per heavy atom. The van der Waals surface area contributed by atoms with Crippen LogP contribution in [0.2, 0.25) is 0 Å². The number of rotatable bonds is 3. The van der Waals surface area contributed by atoms with Crippen molar-refractivity contribution in [1.29, 1.82) is 0 Å². The molecule has 1 aliphatic rings. The van der Waals surface area contributed by atoms with E-state index in [4.69, 9.17) is 0 Å². The summed E-state index contributed by atoms with van der Waals surface area (Å²) < 4.78 is 1.74. The zero-order valence-electron chi connectivity index (χ0n) is 11.1. The monoisotopic (exact) mass is 288 g/mol. The molecule has 2 heterocycles. The lowest BCUT2D eigenvalue weighted by Crippen LogP contribution is -2.29. The second kappa shape index (κ2) is 5.63. The fourth-order valence-electron chi connectivity index (χ4n) is 2.63. The van der Waals surface area contributed by atoms with Crippen LogP contribution in [-0.4, -0.2) is 28.5 Å². The highest BCUT2D eigenvalue weighted by Crippen LogP contribution is 2.20. The first-order chi connectivity index (χ1) is 9.74. The summed E-state index contributed by atoms with van der Waals surface area (Å²) in [5.74, 6) is 0.459. The van der Waals surface area contributed by atoms with Crippen molar-refractivity contribution in [2.45, 2.75) is 13.0 Å². The van der Waals surface area contributed by atoms with Crippen LogP contribution in [0.3, 0.4) is 0 Å². The molecule has 20 heavy (non-hydrogen) atoms. The van der Waals surface area contributed by atoms with Crippen LogP contribution in [0.1, 0.15) is 16.8 Å². The highest BCUT2D eigenvalue weighted by atomic mass is 32.1. The number of aromatic nitrogens is 1. The number of nitrogens with zero attached hydrogens (tertiary/aromatic N) is 2. The summed E-state index contributed by atoms with van der Waals surface area (Å²) in [6, 6.07) is 9.36. The number of carbonyl (C=O) groups excluding carboxylic acids is 1. The second-order valence-electron chi connectivity index (χ2n) is 5.09. The summed E-state index contributed by atoms with van der Waals surface area (Å²) in [6.45, 7) is 2.22. The van der Waals surface area contributed by atoms with E-state index in [9.17, 15) is 9.59 Å². The van der Waals surface area contributed by atoms with E-state index in [1.165, 1.54) is 11.3 Å². The van der Waals surface area contributed by atoms with Crippen LogP contribution in [0.25, 0.3) is 0 Å². The molecule has 1 amide bonds. The van der Waals surface area contributed by atoms with Crippen molar-refractivity contribution >= 4 is 17.2 Å². The Hall–Kier alpha value is -1.88. The van der Waals surface area contributed by atoms with E-state index in [-0.39, 0.29) is 10.8 Å². The molecule has 4 nitrogen and oxygen atoms in total. The van der Waals surface area contributed by atoms with E-state index in [0.717, 1.165) is 25.1 Å². The van der Waals surface area contributed by atoms with Gasteiger partial charge in [0.1, 0.15) is 0 Å². The Morgan fingerprint density at radius 3 is 2.80 bits per heavy atom. The topological polar surface area (TPSA) is 42.3 Å². The largest absolute Gasteiger partial charge is 0.338 e. The molecule has 0 radical (unpaired) electrons. The van der Waals surface area contributed by atoms with Gasteiger partial charge in [-0.15, -0.1) is 0 Å². The Bertz CT molecular complexity index is 647. The average molecular weight is 288 g/mol. The summed E-state index contributed by atoms with van der Waals surface area (Å²) >= 11 is 1.22. The lowest BCUT2D eigenvalue weighted by Gasteiger charge is -2.16. The molecule has 0 aliphatic carbocycles. The first-order valence-electron chi connectivity index (χ1n) is 6.72. The van der Waals surface area contributed by atoms with Crippen molar-refractivity contribution in [1.82, 2.24) is 9.47 Å². The molecule has 1 saturated heterocycles. The fraction of sp³-hybridized carbons (Fsp3) is 0.333. The van der Waals surface area contributed by atoms with Crippen LogP contribution in [0.15, 0.2) is 46.7 Å². The molecule has 0 spiro atoms. The molecule has 5 heteroatoms. The minimum atomic E-state index is 0.0813. The summed E-state index contributed by atoms with van der Waals surface area (Å²) in [6.07, 6.45) is 2.79. The molecule has 2 aromatic rings. The highest BCUT2D eigenvalue weighted by Gasteiger charge is 2.27. The third-order valence-electron chi connectivity index (χ3n) is 3.69. The van der Waals surface area contributed by atoms with Gasteiger partial charge in [-0.3, -0.25) is 9.59 Å². The number of benzene rings is 1. The number of amides is 1. The van der Waals surface area contributed by atoms with Crippen LogP contribution in [-0.2, 0) is 6.54 Å². The standard InChI is InChI=1S/C15H16N2O2S/c18-14(13-4-2-1-3-5-13)16-7-6-12(10-16)11-17-8-9-20-15(17)19/h1-5,8-9,12H,6-7,10-11H2/t12-/m1/s1. The van der Waals surface area contributed by atoms with Crippen molar-refractivity contribution in [2.24, 2.45) is 5.92 Å². The molecule has 0 unspecified atom stereocenters. The van der Waals surface area contributed by atoms with Gasteiger partial charge in [0.2, 0.25) is 0 Å². The predicted octanol–water partition coefficient (Wildman–Crippen LogP) is 2.07. The Kier molecular flexibility index (Phi) is 3.69. The van der Waals surface area contributed by atoms with Crippen LogP contribution in [0.4, 0.5) is 0 Å². The van der Waals surface area contributed by atoms with E-state index < -0.39 is 0 Å². The van der Waals surface area contributed by atoms with E-state index in [0.29, 0.717) is 12.5 Å². The normalized spacial score (nSPS) is 18.4. The third kappa shape index (κ3) is 2.67. The molecule has 1 fully saturated rings. The van der Waals surface area contributed by atoms with Gasteiger partial charge in [-0.2, -0.15) is 0 Å². The van der Waals surface area contributed by atoms with Gasteiger partial charge < -0.3 is 9.47 Å². The quantitative estimate of drug-likeness (QED) is 0.867. The molecule has 0 bridgehead atoms. The Labute approximate surface area is 121 Å².